The predicted octanol–water partition coefficient (Wildman–Crippen LogP) is 0.953. The Bertz CT molecular complexity index is 1270. The Kier molecular flexibility index (Phi) is 9.31. The largest absolute Gasteiger partial charge is 0.496 e. The number of amides is 1. The number of nitrogens with two attached hydrogens (primary N) is 1. The van der Waals surface area contributed by atoms with Crippen LogP contribution in [0.5, 0.6) is 5.75 Å². The van der Waals surface area contributed by atoms with Crippen molar-refractivity contribution in [3.05, 3.63) is 58.1 Å². The maximum atomic E-state index is 13.2. The van der Waals surface area contributed by atoms with Crippen LogP contribution in [0.25, 0.3) is 0 Å². The van der Waals surface area contributed by atoms with Crippen LogP contribution >= 0.6 is 0 Å². The molecule has 0 saturated carbocycles. The molecule has 12 heteroatoms. The van der Waals surface area contributed by atoms with Gasteiger partial charge in [-0.2, -0.15) is 4.72 Å². The number of benzene rings is 2. The topological polar surface area (TPSA) is 189 Å². The van der Waals surface area contributed by atoms with Crippen LogP contribution in [0.2, 0.25) is 0 Å². The van der Waals surface area contributed by atoms with Gasteiger partial charge in [0.1, 0.15) is 23.9 Å². The highest BCUT2D eigenvalue weighted by Crippen LogP contribution is 2.30. The number of ether oxygens (including phenoxy) is 1. The summed E-state index contributed by atoms with van der Waals surface area (Å²) in [5, 5.41) is 19.1. The number of nitrogen functional groups attached to an aromatic ring is 1. The van der Waals surface area contributed by atoms with Gasteiger partial charge in [0.15, 0.2) is 0 Å². The molecular formula is C24H30N4O7S. The van der Waals surface area contributed by atoms with Crippen molar-refractivity contribution < 1.29 is 32.6 Å². The second kappa shape index (κ2) is 11.8. The fourth-order valence-corrected chi connectivity index (χ4v) is 5.47. The minimum Gasteiger partial charge on any atom is -0.496 e. The SMILES string of the molecule is COc1cc(C)c(S(=O)(=O)N[C@@H](CC(=O)O)C(=O)N[C@H](C=O)Cc2ccc(C(=N)N)cc2)c(C)c1C. The number of rotatable bonds is 12. The lowest BCUT2D eigenvalue weighted by molar-refractivity contribution is -0.139. The first-order chi connectivity index (χ1) is 16.8. The van der Waals surface area contributed by atoms with E-state index >= 15 is 0 Å². The van der Waals surface area contributed by atoms with Gasteiger partial charge in [-0.15, -0.1) is 0 Å². The van der Waals surface area contributed by atoms with Gasteiger partial charge in [0.25, 0.3) is 0 Å². The van der Waals surface area contributed by atoms with E-state index in [4.69, 9.17) is 15.9 Å². The molecule has 2 aromatic carbocycles. The van der Waals surface area contributed by atoms with Crippen LogP contribution in [0.3, 0.4) is 0 Å². The average molecular weight is 519 g/mol. The molecule has 11 nitrogen and oxygen atoms in total. The maximum Gasteiger partial charge on any atom is 0.305 e. The molecule has 6 N–H and O–H groups in total. The minimum absolute atomic E-state index is 0.0653. The number of amidine groups is 1. The van der Waals surface area contributed by atoms with Gasteiger partial charge in [0.05, 0.1) is 24.5 Å². The van der Waals surface area contributed by atoms with Gasteiger partial charge in [-0.25, -0.2) is 8.42 Å². The van der Waals surface area contributed by atoms with Gasteiger partial charge in [0.2, 0.25) is 15.9 Å². The van der Waals surface area contributed by atoms with Crippen LogP contribution in [0.1, 0.15) is 34.2 Å². The third kappa shape index (κ3) is 6.89. The molecule has 0 aliphatic rings. The molecule has 0 unspecified atom stereocenters. The molecule has 0 aliphatic carbocycles. The number of aryl methyl sites for hydroxylation is 1. The summed E-state index contributed by atoms with van der Waals surface area (Å²) in [5.74, 6) is -1.99. The number of carboxylic acid groups (broad SMARTS) is 1. The van der Waals surface area contributed by atoms with E-state index in [9.17, 15) is 27.9 Å². The number of aliphatic carboxylic acids is 1. The zero-order valence-corrected chi connectivity index (χ0v) is 21.2. The van der Waals surface area contributed by atoms with Crippen molar-refractivity contribution in [2.45, 2.75) is 50.6 Å². The van der Waals surface area contributed by atoms with Crippen molar-refractivity contribution >= 4 is 34.0 Å². The molecule has 0 spiro atoms. The molecule has 0 bridgehead atoms. The Balaban J connectivity index is 2.28. The molecule has 0 saturated heterocycles. The van der Waals surface area contributed by atoms with Gasteiger partial charge >= 0.3 is 5.97 Å². The van der Waals surface area contributed by atoms with Gasteiger partial charge in [-0.3, -0.25) is 15.0 Å². The predicted molar refractivity (Wildman–Crippen MR) is 133 cm³/mol. The number of carbonyl (C=O) groups is 3. The number of aldehydes is 1. The number of hydrogen-bond donors (Lipinski definition) is 5. The van der Waals surface area contributed by atoms with E-state index in [2.05, 4.69) is 10.0 Å². The second-order valence-electron chi connectivity index (χ2n) is 8.31. The molecule has 0 fully saturated rings. The smallest absolute Gasteiger partial charge is 0.305 e. The first-order valence-electron chi connectivity index (χ1n) is 10.9. The van der Waals surface area contributed by atoms with Gasteiger partial charge in [-0.05, 0) is 55.5 Å². The number of nitrogens with one attached hydrogen (secondary N) is 3. The number of methoxy groups -OCH3 is 1. The Morgan fingerprint density at radius 3 is 2.28 bits per heavy atom. The van der Waals surface area contributed by atoms with Crippen molar-refractivity contribution in [1.29, 1.82) is 5.41 Å². The third-order valence-corrected chi connectivity index (χ3v) is 7.43. The highest BCUT2D eigenvalue weighted by Gasteiger charge is 2.31. The summed E-state index contributed by atoms with van der Waals surface area (Å²) >= 11 is 0. The van der Waals surface area contributed by atoms with E-state index in [1.54, 1.807) is 51.1 Å². The van der Waals surface area contributed by atoms with E-state index in [0.717, 1.165) is 0 Å². The van der Waals surface area contributed by atoms with E-state index < -0.39 is 40.4 Å². The van der Waals surface area contributed by atoms with Crippen molar-refractivity contribution in [3.63, 3.8) is 0 Å². The molecule has 1 amide bonds. The summed E-state index contributed by atoms with van der Waals surface area (Å²) in [6.45, 7) is 4.84. The van der Waals surface area contributed by atoms with Gasteiger partial charge in [0, 0.05) is 5.56 Å². The van der Waals surface area contributed by atoms with Crippen LogP contribution in [0.15, 0.2) is 35.2 Å². The summed E-state index contributed by atoms with van der Waals surface area (Å²) < 4.78 is 33.9. The number of sulfonamides is 1. The van der Waals surface area contributed by atoms with Gasteiger partial charge in [-0.1, -0.05) is 24.3 Å². The number of carboxylic acids is 1. The molecule has 0 heterocycles. The standard InChI is InChI=1S/C24H30N4O7S/c1-13-9-20(35-4)14(2)15(3)22(13)36(33,34)28-19(11-21(30)31)24(32)27-18(12-29)10-16-5-7-17(8-6-16)23(25)26/h5-9,12,18-19,28H,10-11H2,1-4H3,(H3,25,26)(H,27,32)(H,30,31)/t18-,19-/m0/s1. The van der Waals surface area contributed by atoms with Crippen LogP contribution in [0, 0.1) is 26.2 Å². The Morgan fingerprint density at radius 1 is 1.17 bits per heavy atom. The lowest BCUT2D eigenvalue weighted by Gasteiger charge is -2.22. The number of carbonyl (C=O) groups excluding carboxylic acids is 2. The lowest BCUT2D eigenvalue weighted by atomic mass is 10.0. The molecule has 2 aromatic rings. The first kappa shape index (κ1) is 28.5. The molecular weight excluding hydrogens is 488 g/mol. The molecule has 2 rings (SSSR count). The van der Waals surface area contributed by atoms with Crippen molar-refractivity contribution in [1.82, 2.24) is 10.0 Å². The zero-order chi connectivity index (χ0) is 27.2. The van der Waals surface area contributed by atoms with Crippen molar-refractivity contribution in [3.8, 4) is 5.75 Å². The normalized spacial score (nSPS) is 12.9. The zero-order valence-electron chi connectivity index (χ0n) is 20.4. The van der Waals surface area contributed by atoms with E-state index in [1.165, 1.54) is 7.11 Å². The number of hydrogen-bond acceptors (Lipinski definition) is 7. The highest BCUT2D eigenvalue weighted by molar-refractivity contribution is 7.89. The fraction of sp³-hybridized carbons (Fsp3) is 0.333. The monoisotopic (exact) mass is 518 g/mol. The summed E-state index contributed by atoms with van der Waals surface area (Å²) in [5.41, 5.74) is 7.89. The van der Waals surface area contributed by atoms with Crippen LogP contribution in [-0.2, 0) is 30.8 Å². The van der Waals surface area contributed by atoms with E-state index in [1.807, 2.05) is 0 Å². The molecule has 2 atom stereocenters. The van der Waals surface area contributed by atoms with Crippen LogP contribution < -0.4 is 20.5 Å². The fourth-order valence-electron chi connectivity index (χ4n) is 3.75. The summed E-state index contributed by atoms with van der Waals surface area (Å²) in [4.78, 5) is 35.9. The van der Waals surface area contributed by atoms with Crippen LogP contribution in [-0.4, -0.2) is 56.7 Å². The molecule has 0 aromatic heterocycles. The first-order valence-corrected chi connectivity index (χ1v) is 12.4. The minimum atomic E-state index is -4.32. The molecule has 36 heavy (non-hydrogen) atoms. The average Bonchev–Trinajstić information content (AvgIpc) is 2.80. The Morgan fingerprint density at radius 2 is 1.78 bits per heavy atom. The maximum absolute atomic E-state index is 13.2. The van der Waals surface area contributed by atoms with Crippen LogP contribution in [0.4, 0.5) is 0 Å². The van der Waals surface area contributed by atoms with Gasteiger partial charge < -0.3 is 25.7 Å². The summed E-state index contributed by atoms with van der Waals surface area (Å²) in [6.07, 6.45) is -0.294. The lowest BCUT2D eigenvalue weighted by Crippen LogP contribution is -2.51. The van der Waals surface area contributed by atoms with Crippen molar-refractivity contribution in [2.24, 2.45) is 5.73 Å². The van der Waals surface area contributed by atoms with E-state index in [-0.39, 0.29) is 17.2 Å². The third-order valence-electron chi connectivity index (χ3n) is 5.67. The second-order valence-corrected chi connectivity index (χ2v) is 9.96. The Labute approximate surface area is 209 Å². The molecule has 194 valence electrons. The summed E-state index contributed by atoms with van der Waals surface area (Å²) in [6, 6.07) is 5.27. The summed E-state index contributed by atoms with van der Waals surface area (Å²) in [7, 11) is -2.86. The Hall–Kier alpha value is -3.77. The molecule has 0 aliphatic heterocycles. The van der Waals surface area contributed by atoms with E-state index in [0.29, 0.717) is 39.9 Å². The van der Waals surface area contributed by atoms with Crippen molar-refractivity contribution in [2.75, 3.05) is 7.11 Å². The quantitative estimate of drug-likeness (QED) is 0.156. The highest BCUT2D eigenvalue weighted by atomic mass is 32.2. The molecule has 0 radical (unpaired) electrons.